The fraction of sp³-hybridized carbons (Fsp3) is 0.267. The highest BCUT2D eigenvalue weighted by atomic mass is 79.9. The summed E-state index contributed by atoms with van der Waals surface area (Å²) in [4.78, 5) is 6.40. The van der Waals surface area contributed by atoms with Crippen LogP contribution >= 0.6 is 15.9 Å². The Balaban J connectivity index is 2.20. The molecule has 0 amide bonds. The topological polar surface area (TPSA) is 28.2 Å². The fourth-order valence-electron chi connectivity index (χ4n) is 2.11. The highest BCUT2D eigenvalue weighted by molar-refractivity contribution is 9.10. The van der Waals surface area contributed by atoms with E-state index in [9.17, 15) is 0 Å². The molecule has 2 aromatic rings. The average molecular weight is 320 g/mol. The van der Waals surface area contributed by atoms with E-state index in [0.29, 0.717) is 0 Å². The maximum Gasteiger partial charge on any atom is 0.0441 e. The van der Waals surface area contributed by atoms with Gasteiger partial charge in [-0.1, -0.05) is 22.0 Å². The molecule has 0 spiro atoms. The minimum atomic E-state index is 0.853. The monoisotopic (exact) mass is 319 g/mol. The molecule has 1 heterocycles. The van der Waals surface area contributed by atoms with Gasteiger partial charge in [0, 0.05) is 42.7 Å². The smallest absolute Gasteiger partial charge is 0.0441 e. The van der Waals surface area contributed by atoms with E-state index < -0.39 is 0 Å². The molecule has 0 aliphatic rings. The summed E-state index contributed by atoms with van der Waals surface area (Å²) in [5.74, 6) is 0. The van der Waals surface area contributed by atoms with Crippen molar-refractivity contribution in [1.29, 1.82) is 0 Å². The summed E-state index contributed by atoms with van der Waals surface area (Å²) >= 11 is 3.53. The highest BCUT2D eigenvalue weighted by Crippen LogP contribution is 2.25. The third kappa shape index (κ3) is 3.78. The zero-order valence-corrected chi connectivity index (χ0v) is 12.8. The molecule has 0 unspecified atom stereocenters. The van der Waals surface area contributed by atoms with Gasteiger partial charge in [-0.3, -0.25) is 4.98 Å². The van der Waals surface area contributed by atoms with Crippen molar-refractivity contribution in [3.63, 3.8) is 0 Å². The standard InChI is InChI=1S/C15H18BrN3/c1-17-10-13-8-14(16)5-6-15(13)19(2)11-12-4-3-7-18-9-12/h3-9,17H,10-11H2,1-2H3. The van der Waals surface area contributed by atoms with Crippen LogP contribution in [0.5, 0.6) is 0 Å². The number of hydrogen-bond donors (Lipinski definition) is 1. The van der Waals surface area contributed by atoms with E-state index in [2.05, 4.69) is 62.4 Å². The maximum absolute atomic E-state index is 4.16. The number of benzene rings is 1. The molecule has 1 aromatic heterocycles. The van der Waals surface area contributed by atoms with Gasteiger partial charge in [0.25, 0.3) is 0 Å². The maximum atomic E-state index is 4.16. The lowest BCUT2D eigenvalue weighted by molar-refractivity contribution is 0.804. The quantitative estimate of drug-likeness (QED) is 0.917. The first-order valence-corrected chi connectivity index (χ1v) is 7.03. The van der Waals surface area contributed by atoms with Gasteiger partial charge in [0.05, 0.1) is 0 Å². The number of nitrogens with one attached hydrogen (secondary N) is 1. The number of hydrogen-bond acceptors (Lipinski definition) is 3. The number of pyridine rings is 1. The summed E-state index contributed by atoms with van der Waals surface area (Å²) in [6, 6.07) is 10.5. The molecule has 0 saturated carbocycles. The van der Waals surface area contributed by atoms with Gasteiger partial charge < -0.3 is 10.2 Å². The molecule has 100 valence electrons. The van der Waals surface area contributed by atoms with E-state index in [0.717, 1.165) is 17.6 Å². The van der Waals surface area contributed by atoms with Gasteiger partial charge in [-0.25, -0.2) is 0 Å². The molecule has 3 nitrogen and oxygen atoms in total. The zero-order valence-electron chi connectivity index (χ0n) is 11.2. The van der Waals surface area contributed by atoms with Crippen molar-refractivity contribution in [3.05, 3.63) is 58.3 Å². The van der Waals surface area contributed by atoms with Gasteiger partial charge in [0.2, 0.25) is 0 Å². The van der Waals surface area contributed by atoms with Crippen molar-refractivity contribution in [2.45, 2.75) is 13.1 Å². The number of rotatable bonds is 5. The first-order valence-electron chi connectivity index (χ1n) is 6.24. The number of aromatic nitrogens is 1. The Bertz CT molecular complexity index is 528. The van der Waals surface area contributed by atoms with Crippen LogP contribution in [-0.4, -0.2) is 19.1 Å². The van der Waals surface area contributed by atoms with Gasteiger partial charge in [0.1, 0.15) is 0 Å². The summed E-state index contributed by atoms with van der Waals surface area (Å²) in [5, 5.41) is 3.21. The first kappa shape index (κ1) is 14.0. The molecule has 0 fully saturated rings. The summed E-state index contributed by atoms with van der Waals surface area (Å²) in [7, 11) is 4.07. The molecule has 0 saturated heterocycles. The molecule has 0 bridgehead atoms. The van der Waals surface area contributed by atoms with Crippen LogP contribution in [0.3, 0.4) is 0 Å². The Labute approximate surface area is 122 Å². The molecular formula is C15H18BrN3. The van der Waals surface area contributed by atoms with Crippen molar-refractivity contribution in [2.75, 3.05) is 19.0 Å². The van der Waals surface area contributed by atoms with Gasteiger partial charge in [-0.05, 0) is 42.4 Å². The Morgan fingerprint density at radius 3 is 2.84 bits per heavy atom. The number of nitrogens with zero attached hydrogens (tertiary/aromatic N) is 2. The minimum absolute atomic E-state index is 0.853. The normalized spacial score (nSPS) is 10.5. The van der Waals surface area contributed by atoms with Crippen LogP contribution in [0.2, 0.25) is 0 Å². The van der Waals surface area contributed by atoms with Crippen molar-refractivity contribution in [2.24, 2.45) is 0 Å². The minimum Gasteiger partial charge on any atom is -0.370 e. The van der Waals surface area contributed by atoms with Crippen LogP contribution in [0.1, 0.15) is 11.1 Å². The fourth-order valence-corrected chi connectivity index (χ4v) is 2.52. The molecule has 1 aromatic carbocycles. The van der Waals surface area contributed by atoms with Crippen molar-refractivity contribution in [3.8, 4) is 0 Å². The number of anilines is 1. The lowest BCUT2D eigenvalue weighted by Crippen LogP contribution is -2.19. The van der Waals surface area contributed by atoms with Crippen molar-refractivity contribution < 1.29 is 0 Å². The molecule has 0 aliphatic heterocycles. The van der Waals surface area contributed by atoms with Gasteiger partial charge in [0.15, 0.2) is 0 Å². The molecule has 0 radical (unpaired) electrons. The summed E-state index contributed by atoms with van der Waals surface area (Å²) in [6.45, 7) is 1.71. The lowest BCUT2D eigenvalue weighted by atomic mass is 10.1. The number of halogens is 1. The Kier molecular flexibility index (Phi) is 4.93. The van der Waals surface area contributed by atoms with E-state index in [1.165, 1.54) is 16.8 Å². The van der Waals surface area contributed by atoms with Gasteiger partial charge >= 0.3 is 0 Å². The van der Waals surface area contributed by atoms with E-state index in [1.54, 1.807) is 6.20 Å². The zero-order chi connectivity index (χ0) is 13.7. The van der Waals surface area contributed by atoms with Crippen LogP contribution in [0.4, 0.5) is 5.69 Å². The predicted molar refractivity (Wildman–Crippen MR) is 83.2 cm³/mol. The molecule has 0 aliphatic carbocycles. The van der Waals surface area contributed by atoms with Crippen molar-refractivity contribution in [1.82, 2.24) is 10.3 Å². The Morgan fingerprint density at radius 1 is 1.32 bits per heavy atom. The van der Waals surface area contributed by atoms with Crippen LogP contribution < -0.4 is 10.2 Å². The van der Waals surface area contributed by atoms with Crippen LogP contribution in [0.15, 0.2) is 47.2 Å². The molecular weight excluding hydrogens is 302 g/mol. The van der Waals surface area contributed by atoms with Gasteiger partial charge in [-0.2, -0.15) is 0 Å². The second-order valence-corrected chi connectivity index (χ2v) is 5.44. The lowest BCUT2D eigenvalue weighted by Gasteiger charge is -2.22. The van der Waals surface area contributed by atoms with E-state index in [-0.39, 0.29) is 0 Å². The molecule has 0 atom stereocenters. The van der Waals surface area contributed by atoms with Crippen LogP contribution in [0, 0.1) is 0 Å². The van der Waals surface area contributed by atoms with Crippen LogP contribution in [0.25, 0.3) is 0 Å². The van der Waals surface area contributed by atoms with E-state index in [4.69, 9.17) is 0 Å². The molecule has 2 rings (SSSR count). The van der Waals surface area contributed by atoms with E-state index in [1.807, 2.05) is 19.3 Å². The first-order chi connectivity index (χ1) is 9.20. The molecule has 1 N–H and O–H groups in total. The third-order valence-corrected chi connectivity index (χ3v) is 3.46. The summed E-state index contributed by atoms with van der Waals surface area (Å²) < 4.78 is 1.11. The molecule has 4 heteroatoms. The summed E-state index contributed by atoms with van der Waals surface area (Å²) in [5.41, 5.74) is 3.73. The van der Waals surface area contributed by atoms with E-state index >= 15 is 0 Å². The second kappa shape index (κ2) is 6.68. The highest BCUT2D eigenvalue weighted by Gasteiger charge is 2.08. The Hall–Kier alpha value is -1.39. The van der Waals surface area contributed by atoms with Crippen molar-refractivity contribution >= 4 is 21.6 Å². The third-order valence-electron chi connectivity index (χ3n) is 2.96. The summed E-state index contributed by atoms with van der Waals surface area (Å²) in [6.07, 6.45) is 3.71. The average Bonchev–Trinajstić information content (AvgIpc) is 2.40. The Morgan fingerprint density at radius 2 is 2.16 bits per heavy atom. The second-order valence-electron chi connectivity index (χ2n) is 4.52. The largest absolute Gasteiger partial charge is 0.370 e. The van der Waals surface area contributed by atoms with Gasteiger partial charge in [-0.15, -0.1) is 0 Å². The SMILES string of the molecule is CNCc1cc(Br)ccc1N(C)Cc1cccnc1. The molecule has 19 heavy (non-hydrogen) atoms. The van der Waals surface area contributed by atoms with Crippen LogP contribution in [-0.2, 0) is 13.1 Å². The predicted octanol–water partition coefficient (Wildman–Crippen LogP) is 3.20.